The van der Waals surface area contributed by atoms with E-state index in [1.54, 1.807) is 24.3 Å². The Kier molecular flexibility index (Phi) is 5.95. The fraction of sp³-hybridized carbons (Fsp3) is 0.263. The number of primary amides is 1. The van der Waals surface area contributed by atoms with Crippen LogP contribution in [0.3, 0.4) is 0 Å². The monoisotopic (exact) mass is 325 g/mol. The number of urea groups is 1. The van der Waals surface area contributed by atoms with Gasteiger partial charge in [0, 0.05) is 11.4 Å². The predicted octanol–water partition coefficient (Wildman–Crippen LogP) is 3.56. The smallest absolute Gasteiger partial charge is 0.316 e. The highest BCUT2D eigenvalue weighted by molar-refractivity contribution is 5.94. The van der Waals surface area contributed by atoms with Gasteiger partial charge in [0.1, 0.15) is 0 Å². The molecule has 0 radical (unpaired) electrons. The van der Waals surface area contributed by atoms with Crippen molar-refractivity contribution in [2.45, 2.75) is 26.7 Å². The lowest BCUT2D eigenvalue weighted by Gasteiger charge is -2.09. The van der Waals surface area contributed by atoms with Gasteiger partial charge in [-0.1, -0.05) is 44.2 Å². The van der Waals surface area contributed by atoms with Gasteiger partial charge in [-0.15, -0.1) is 0 Å². The summed E-state index contributed by atoms with van der Waals surface area (Å²) in [4.78, 5) is 23.0. The molecule has 0 fully saturated rings. The molecule has 0 unspecified atom stereocenters. The topological polar surface area (TPSA) is 84.2 Å². The van der Waals surface area contributed by atoms with E-state index in [0.29, 0.717) is 23.7 Å². The lowest BCUT2D eigenvalue weighted by atomic mass is 10.0. The Morgan fingerprint density at radius 1 is 0.958 bits per heavy atom. The van der Waals surface area contributed by atoms with Crippen molar-refractivity contribution in [2.75, 3.05) is 10.6 Å². The molecule has 5 nitrogen and oxygen atoms in total. The predicted molar refractivity (Wildman–Crippen MR) is 97.0 cm³/mol. The maximum Gasteiger partial charge on any atom is 0.316 e. The molecule has 0 aromatic heterocycles. The van der Waals surface area contributed by atoms with Crippen molar-refractivity contribution in [3.8, 4) is 0 Å². The quantitative estimate of drug-likeness (QED) is 0.758. The van der Waals surface area contributed by atoms with Crippen LogP contribution in [0, 0.1) is 5.92 Å². The van der Waals surface area contributed by atoms with E-state index in [1.807, 2.05) is 12.1 Å². The third-order valence-electron chi connectivity index (χ3n) is 3.45. The first kappa shape index (κ1) is 17.5. The van der Waals surface area contributed by atoms with Crippen molar-refractivity contribution in [2.24, 2.45) is 11.7 Å². The van der Waals surface area contributed by atoms with Gasteiger partial charge in [-0.2, -0.15) is 0 Å². The zero-order valence-electron chi connectivity index (χ0n) is 14.0. The Hall–Kier alpha value is -2.82. The molecule has 0 saturated carbocycles. The van der Waals surface area contributed by atoms with Gasteiger partial charge in [0.25, 0.3) is 0 Å². The zero-order valence-corrected chi connectivity index (χ0v) is 14.0. The maximum absolute atomic E-state index is 12.2. The van der Waals surface area contributed by atoms with Gasteiger partial charge in [-0.25, -0.2) is 4.79 Å². The molecule has 0 spiro atoms. The maximum atomic E-state index is 12.2. The minimum Gasteiger partial charge on any atom is -0.351 e. The van der Waals surface area contributed by atoms with E-state index < -0.39 is 6.03 Å². The molecule has 2 aromatic rings. The molecule has 0 saturated heterocycles. The molecule has 2 aromatic carbocycles. The normalized spacial score (nSPS) is 10.5. The van der Waals surface area contributed by atoms with Crippen LogP contribution in [0.25, 0.3) is 0 Å². The van der Waals surface area contributed by atoms with Crippen molar-refractivity contribution < 1.29 is 9.59 Å². The van der Waals surface area contributed by atoms with Crippen LogP contribution in [0.2, 0.25) is 0 Å². The van der Waals surface area contributed by atoms with Gasteiger partial charge in [0.15, 0.2) is 0 Å². The van der Waals surface area contributed by atoms with Gasteiger partial charge < -0.3 is 16.4 Å². The van der Waals surface area contributed by atoms with Crippen molar-refractivity contribution in [3.63, 3.8) is 0 Å². The summed E-state index contributed by atoms with van der Waals surface area (Å²) in [7, 11) is 0. The number of rotatable bonds is 6. The number of amides is 3. The van der Waals surface area contributed by atoms with Crippen LogP contribution in [-0.2, 0) is 17.6 Å². The van der Waals surface area contributed by atoms with Gasteiger partial charge in [-0.05, 0) is 41.7 Å². The number of nitrogens with two attached hydrogens (primary N) is 1. The lowest BCUT2D eigenvalue weighted by Crippen LogP contribution is -2.19. The minimum absolute atomic E-state index is 0.108. The van der Waals surface area contributed by atoms with Crippen LogP contribution in [0.5, 0.6) is 0 Å². The summed E-state index contributed by atoms with van der Waals surface area (Å²) >= 11 is 0. The Bertz CT molecular complexity index is 709. The Balaban J connectivity index is 1.94. The molecule has 0 aliphatic rings. The number of hydrogen-bond acceptors (Lipinski definition) is 2. The minimum atomic E-state index is -0.639. The lowest BCUT2D eigenvalue weighted by molar-refractivity contribution is -0.115. The molecule has 0 bridgehead atoms. The number of nitrogens with one attached hydrogen (secondary N) is 2. The first-order chi connectivity index (χ1) is 11.4. The number of carbonyl (C=O) groups excluding carboxylic acids is 2. The summed E-state index contributed by atoms with van der Waals surface area (Å²) in [5, 5.41) is 5.30. The highest BCUT2D eigenvalue weighted by Gasteiger charge is 2.06. The molecule has 2 rings (SSSR count). The van der Waals surface area contributed by atoms with E-state index in [4.69, 9.17) is 5.73 Å². The highest BCUT2D eigenvalue weighted by Crippen LogP contribution is 2.16. The Morgan fingerprint density at radius 2 is 1.54 bits per heavy atom. The molecular weight excluding hydrogens is 302 g/mol. The second-order valence-corrected chi connectivity index (χ2v) is 6.21. The molecule has 0 heterocycles. The Labute approximate surface area is 142 Å². The third-order valence-corrected chi connectivity index (χ3v) is 3.45. The average Bonchev–Trinajstić information content (AvgIpc) is 2.48. The van der Waals surface area contributed by atoms with Gasteiger partial charge in [0.05, 0.1) is 6.42 Å². The van der Waals surface area contributed by atoms with Gasteiger partial charge in [0.2, 0.25) is 5.91 Å². The van der Waals surface area contributed by atoms with Gasteiger partial charge >= 0.3 is 6.03 Å². The summed E-state index contributed by atoms with van der Waals surface area (Å²) < 4.78 is 0. The average molecular weight is 325 g/mol. The standard InChI is InChI=1S/C19H23N3O2/c1-13(2)10-14-6-8-15(9-7-14)11-18(23)21-16-4-3-5-17(12-16)22-19(20)24/h3-9,12-13H,10-11H2,1-2H3,(H,21,23)(H3,20,22,24). The van der Waals surface area contributed by atoms with Crippen LogP contribution in [0.1, 0.15) is 25.0 Å². The molecule has 0 aliphatic heterocycles. The van der Waals surface area contributed by atoms with Crippen molar-refractivity contribution in [1.29, 1.82) is 0 Å². The second-order valence-electron chi connectivity index (χ2n) is 6.21. The zero-order chi connectivity index (χ0) is 17.5. The number of carbonyl (C=O) groups is 2. The first-order valence-electron chi connectivity index (χ1n) is 7.96. The number of anilines is 2. The van der Waals surface area contributed by atoms with Crippen LogP contribution < -0.4 is 16.4 Å². The molecule has 0 aliphatic carbocycles. The van der Waals surface area contributed by atoms with E-state index in [2.05, 4.69) is 36.6 Å². The Morgan fingerprint density at radius 3 is 2.12 bits per heavy atom. The van der Waals surface area contributed by atoms with Crippen LogP contribution >= 0.6 is 0 Å². The van der Waals surface area contributed by atoms with E-state index in [9.17, 15) is 9.59 Å². The molecule has 3 amide bonds. The van der Waals surface area contributed by atoms with Gasteiger partial charge in [-0.3, -0.25) is 4.79 Å². The van der Waals surface area contributed by atoms with E-state index in [-0.39, 0.29) is 5.91 Å². The van der Waals surface area contributed by atoms with E-state index >= 15 is 0 Å². The molecular formula is C19H23N3O2. The summed E-state index contributed by atoms with van der Waals surface area (Å²) in [6, 6.07) is 14.3. The number of hydrogen-bond donors (Lipinski definition) is 3. The first-order valence-corrected chi connectivity index (χ1v) is 7.96. The largest absolute Gasteiger partial charge is 0.351 e. The molecule has 0 atom stereocenters. The fourth-order valence-corrected chi connectivity index (χ4v) is 2.47. The third kappa shape index (κ3) is 5.76. The SMILES string of the molecule is CC(C)Cc1ccc(CC(=O)Nc2cccc(NC(N)=O)c2)cc1. The summed E-state index contributed by atoms with van der Waals surface area (Å²) in [5.41, 5.74) is 8.48. The fourth-order valence-electron chi connectivity index (χ4n) is 2.47. The van der Waals surface area contributed by atoms with Crippen molar-refractivity contribution in [1.82, 2.24) is 0 Å². The molecule has 4 N–H and O–H groups in total. The van der Waals surface area contributed by atoms with E-state index in [0.717, 1.165) is 12.0 Å². The highest BCUT2D eigenvalue weighted by atomic mass is 16.2. The van der Waals surface area contributed by atoms with Crippen molar-refractivity contribution >= 4 is 23.3 Å². The summed E-state index contributed by atoms with van der Waals surface area (Å²) in [5.74, 6) is 0.503. The second kappa shape index (κ2) is 8.15. The van der Waals surface area contributed by atoms with Crippen LogP contribution in [0.4, 0.5) is 16.2 Å². The molecule has 126 valence electrons. The summed E-state index contributed by atoms with van der Waals surface area (Å²) in [6.45, 7) is 4.37. The summed E-state index contributed by atoms with van der Waals surface area (Å²) in [6.07, 6.45) is 1.33. The van der Waals surface area contributed by atoms with Crippen LogP contribution in [-0.4, -0.2) is 11.9 Å². The molecule has 5 heteroatoms. The van der Waals surface area contributed by atoms with Crippen LogP contribution in [0.15, 0.2) is 48.5 Å². The number of benzene rings is 2. The molecule has 24 heavy (non-hydrogen) atoms. The van der Waals surface area contributed by atoms with Crippen molar-refractivity contribution in [3.05, 3.63) is 59.7 Å². The van der Waals surface area contributed by atoms with E-state index in [1.165, 1.54) is 5.56 Å².